The third-order valence-electron chi connectivity index (χ3n) is 3.60. The Morgan fingerprint density at radius 1 is 0.667 bits per heavy atom. The molecule has 24 heavy (non-hydrogen) atoms. The van der Waals surface area contributed by atoms with E-state index in [0.717, 1.165) is 5.56 Å². The van der Waals surface area contributed by atoms with Gasteiger partial charge in [-0.15, -0.1) is 0 Å². The van der Waals surface area contributed by atoms with Crippen molar-refractivity contribution in [2.24, 2.45) is 0 Å². The van der Waals surface area contributed by atoms with Crippen molar-refractivity contribution in [2.45, 2.75) is 9.79 Å². The standard InChI is InChI=1S/C20H15FO2S/c21-20-9-5-4-6-17(20)13-10-16-11-14-19(15-12-16)24(22,23)18-7-2-1-3-8-18/h1-15H. The molecule has 3 rings (SSSR count). The first-order chi connectivity index (χ1) is 11.6. The zero-order valence-corrected chi connectivity index (χ0v) is 13.6. The van der Waals surface area contributed by atoms with Crippen molar-refractivity contribution in [3.8, 4) is 0 Å². The maximum atomic E-state index is 13.6. The Morgan fingerprint density at radius 3 is 1.92 bits per heavy atom. The molecule has 0 fully saturated rings. The SMILES string of the molecule is O=S(=O)(c1ccccc1)c1ccc(C=Cc2ccccc2F)cc1. The Bertz CT molecular complexity index is 960. The summed E-state index contributed by atoms with van der Waals surface area (Å²) in [6, 6.07) is 21.3. The molecule has 0 heterocycles. The monoisotopic (exact) mass is 338 g/mol. The number of hydrogen-bond acceptors (Lipinski definition) is 2. The maximum Gasteiger partial charge on any atom is 0.206 e. The highest BCUT2D eigenvalue weighted by Gasteiger charge is 2.16. The van der Waals surface area contributed by atoms with Crippen molar-refractivity contribution in [1.82, 2.24) is 0 Å². The Balaban J connectivity index is 1.85. The van der Waals surface area contributed by atoms with Crippen LogP contribution >= 0.6 is 0 Å². The second-order valence-corrected chi connectivity index (χ2v) is 7.19. The highest BCUT2D eigenvalue weighted by Crippen LogP contribution is 2.21. The van der Waals surface area contributed by atoms with Crippen LogP contribution in [0, 0.1) is 5.82 Å². The molecule has 0 aliphatic carbocycles. The van der Waals surface area contributed by atoms with Gasteiger partial charge in [-0.3, -0.25) is 0 Å². The summed E-state index contributed by atoms with van der Waals surface area (Å²) >= 11 is 0. The summed E-state index contributed by atoms with van der Waals surface area (Å²) in [6.45, 7) is 0. The molecular formula is C20H15FO2S. The minimum Gasteiger partial charge on any atom is -0.219 e. The molecule has 0 aromatic heterocycles. The highest BCUT2D eigenvalue weighted by atomic mass is 32.2. The molecule has 0 radical (unpaired) electrons. The van der Waals surface area contributed by atoms with Gasteiger partial charge < -0.3 is 0 Å². The summed E-state index contributed by atoms with van der Waals surface area (Å²) in [5, 5.41) is 0. The van der Waals surface area contributed by atoms with E-state index in [1.54, 1.807) is 84.9 Å². The fourth-order valence-electron chi connectivity index (χ4n) is 2.29. The van der Waals surface area contributed by atoms with Crippen LogP contribution in [-0.2, 0) is 9.84 Å². The fraction of sp³-hybridized carbons (Fsp3) is 0. The average molecular weight is 338 g/mol. The first kappa shape index (κ1) is 16.1. The van der Waals surface area contributed by atoms with E-state index in [1.165, 1.54) is 6.07 Å². The molecule has 3 aromatic rings. The van der Waals surface area contributed by atoms with Crippen LogP contribution in [0.5, 0.6) is 0 Å². The first-order valence-electron chi connectivity index (χ1n) is 7.40. The first-order valence-corrected chi connectivity index (χ1v) is 8.88. The molecule has 0 aliphatic rings. The van der Waals surface area contributed by atoms with Gasteiger partial charge in [-0.2, -0.15) is 0 Å². The molecule has 2 nitrogen and oxygen atoms in total. The number of halogens is 1. The number of sulfone groups is 1. The van der Waals surface area contributed by atoms with Crippen LogP contribution < -0.4 is 0 Å². The number of rotatable bonds is 4. The van der Waals surface area contributed by atoms with Crippen molar-refractivity contribution >= 4 is 22.0 Å². The van der Waals surface area contributed by atoms with Crippen molar-refractivity contribution in [3.05, 3.63) is 95.8 Å². The van der Waals surface area contributed by atoms with Crippen LogP contribution in [-0.4, -0.2) is 8.42 Å². The Hall–Kier alpha value is -2.72. The fourth-order valence-corrected chi connectivity index (χ4v) is 3.57. The normalized spacial score (nSPS) is 11.7. The van der Waals surface area contributed by atoms with Gasteiger partial charge in [0.25, 0.3) is 0 Å². The summed E-state index contributed by atoms with van der Waals surface area (Å²) in [7, 11) is -3.51. The van der Waals surface area contributed by atoms with Crippen LogP contribution in [0.4, 0.5) is 4.39 Å². The summed E-state index contributed by atoms with van der Waals surface area (Å²) in [5.74, 6) is -0.294. The van der Waals surface area contributed by atoms with Gasteiger partial charge in [-0.1, -0.05) is 60.7 Å². The van der Waals surface area contributed by atoms with Crippen molar-refractivity contribution in [2.75, 3.05) is 0 Å². The zero-order chi connectivity index (χ0) is 17.0. The van der Waals surface area contributed by atoms with E-state index in [4.69, 9.17) is 0 Å². The van der Waals surface area contributed by atoms with Crippen molar-refractivity contribution in [3.63, 3.8) is 0 Å². The predicted octanol–water partition coefficient (Wildman–Crippen LogP) is 4.83. The molecule has 0 N–H and O–H groups in total. The zero-order valence-electron chi connectivity index (χ0n) is 12.8. The van der Waals surface area contributed by atoms with Crippen LogP contribution in [0.1, 0.15) is 11.1 Å². The largest absolute Gasteiger partial charge is 0.219 e. The second-order valence-electron chi connectivity index (χ2n) is 5.24. The molecule has 0 spiro atoms. The van der Waals surface area contributed by atoms with Gasteiger partial charge in [0.2, 0.25) is 9.84 Å². The van der Waals surface area contributed by atoms with Gasteiger partial charge in [0.05, 0.1) is 9.79 Å². The topological polar surface area (TPSA) is 34.1 Å². The van der Waals surface area contributed by atoms with Crippen LogP contribution in [0.15, 0.2) is 88.7 Å². The van der Waals surface area contributed by atoms with Gasteiger partial charge in [-0.25, -0.2) is 12.8 Å². The molecule has 0 bridgehead atoms. The number of hydrogen-bond donors (Lipinski definition) is 0. The van der Waals surface area contributed by atoms with Gasteiger partial charge in [0.1, 0.15) is 5.82 Å². The van der Waals surface area contributed by atoms with Crippen LogP contribution in [0.25, 0.3) is 12.2 Å². The van der Waals surface area contributed by atoms with E-state index < -0.39 is 9.84 Å². The quantitative estimate of drug-likeness (QED) is 0.639. The van der Waals surface area contributed by atoms with E-state index in [-0.39, 0.29) is 15.6 Å². The molecule has 120 valence electrons. The molecule has 0 atom stereocenters. The lowest BCUT2D eigenvalue weighted by atomic mass is 10.1. The van der Waals surface area contributed by atoms with Gasteiger partial charge in [-0.05, 0) is 35.9 Å². The van der Waals surface area contributed by atoms with Crippen LogP contribution in [0.2, 0.25) is 0 Å². The summed E-state index contributed by atoms with van der Waals surface area (Å²) in [4.78, 5) is 0.497. The molecule has 0 aliphatic heterocycles. The minimum atomic E-state index is -3.51. The Morgan fingerprint density at radius 2 is 1.25 bits per heavy atom. The smallest absolute Gasteiger partial charge is 0.206 e. The van der Waals surface area contributed by atoms with Gasteiger partial charge in [0, 0.05) is 5.56 Å². The van der Waals surface area contributed by atoms with E-state index in [0.29, 0.717) is 5.56 Å². The summed E-state index contributed by atoms with van der Waals surface area (Å²) in [6.07, 6.45) is 3.41. The second kappa shape index (κ2) is 6.81. The molecule has 0 saturated heterocycles. The third kappa shape index (κ3) is 3.44. The summed E-state index contributed by atoms with van der Waals surface area (Å²) < 4.78 is 38.6. The number of benzene rings is 3. The molecule has 4 heteroatoms. The molecule has 0 unspecified atom stereocenters. The lowest BCUT2D eigenvalue weighted by Crippen LogP contribution is -2.01. The van der Waals surface area contributed by atoms with Crippen LogP contribution in [0.3, 0.4) is 0 Å². The van der Waals surface area contributed by atoms with Crippen molar-refractivity contribution < 1.29 is 12.8 Å². The van der Waals surface area contributed by atoms with E-state index in [2.05, 4.69) is 0 Å². The Kier molecular flexibility index (Phi) is 4.58. The molecule has 0 amide bonds. The van der Waals surface area contributed by atoms with E-state index in [9.17, 15) is 12.8 Å². The predicted molar refractivity (Wildman–Crippen MR) is 93.7 cm³/mol. The van der Waals surface area contributed by atoms with E-state index in [1.807, 2.05) is 0 Å². The molecular weight excluding hydrogens is 323 g/mol. The van der Waals surface area contributed by atoms with E-state index >= 15 is 0 Å². The minimum absolute atomic E-state index is 0.233. The molecule has 3 aromatic carbocycles. The summed E-state index contributed by atoms with van der Waals surface area (Å²) in [5.41, 5.74) is 1.28. The third-order valence-corrected chi connectivity index (χ3v) is 5.39. The average Bonchev–Trinajstić information content (AvgIpc) is 2.62. The molecule has 0 saturated carbocycles. The lowest BCUT2D eigenvalue weighted by Gasteiger charge is -2.04. The van der Waals surface area contributed by atoms with Crippen molar-refractivity contribution in [1.29, 1.82) is 0 Å². The highest BCUT2D eigenvalue weighted by molar-refractivity contribution is 7.91. The maximum absolute atomic E-state index is 13.6. The van der Waals surface area contributed by atoms with Gasteiger partial charge >= 0.3 is 0 Å². The Labute approximate surface area is 140 Å². The van der Waals surface area contributed by atoms with Gasteiger partial charge in [0.15, 0.2) is 0 Å². The lowest BCUT2D eigenvalue weighted by molar-refractivity contribution is 0.596.